The van der Waals surface area contributed by atoms with E-state index in [1.807, 2.05) is 0 Å². The summed E-state index contributed by atoms with van der Waals surface area (Å²) in [6.45, 7) is 0.376. The molecule has 5 heteroatoms. The van der Waals surface area contributed by atoms with Gasteiger partial charge in [-0.15, -0.1) is 0 Å². The van der Waals surface area contributed by atoms with E-state index in [0.717, 1.165) is 5.56 Å². The zero-order valence-electron chi connectivity index (χ0n) is 10.1. The van der Waals surface area contributed by atoms with E-state index in [9.17, 15) is 9.18 Å². The molecule has 1 aliphatic heterocycles. The van der Waals surface area contributed by atoms with Crippen LogP contribution in [0, 0.1) is 5.82 Å². The van der Waals surface area contributed by atoms with E-state index < -0.39 is 0 Å². The molecular weight excluding hydrogens is 239 g/mol. The molecule has 2 atom stereocenters. The smallest absolute Gasteiger partial charge is 0.308 e. The lowest BCUT2D eigenvalue weighted by Gasteiger charge is -2.10. The van der Waals surface area contributed by atoms with Crippen LogP contribution in [0.4, 0.5) is 4.39 Å². The summed E-state index contributed by atoms with van der Waals surface area (Å²) in [6, 6.07) is 6.18. The second-order valence-electron chi connectivity index (χ2n) is 4.13. The van der Waals surface area contributed by atoms with Gasteiger partial charge in [-0.05, 0) is 17.7 Å². The van der Waals surface area contributed by atoms with Crippen molar-refractivity contribution in [2.45, 2.75) is 25.2 Å². The molecule has 1 saturated heterocycles. The van der Waals surface area contributed by atoms with E-state index in [0.29, 0.717) is 13.0 Å². The second-order valence-corrected chi connectivity index (χ2v) is 4.13. The van der Waals surface area contributed by atoms with Crippen LogP contribution in [0.25, 0.3) is 0 Å². The van der Waals surface area contributed by atoms with Crippen LogP contribution in [-0.4, -0.2) is 32.1 Å². The molecule has 1 aromatic carbocycles. The minimum Gasteiger partial charge on any atom is -0.469 e. The zero-order chi connectivity index (χ0) is 13.0. The first-order valence-corrected chi connectivity index (χ1v) is 5.75. The van der Waals surface area contributed by atoms with Crippen molar-refractivity contribution in [2.75, 3.05) is 13.7 Å². The first-order valence-electron chi connectivity index (χ1n) is 5.75. The molecule has 18 heavy (non-hydrogen) atoms. The summed E-state index contributed by atoms with van der Waals surface area (Å²) in [5.74, 6) is -0.582. The quantitative estimate of drug-likeness (QED) is 0.767. The van der Waals surface area contributed by atoms with E-state index in [4.69, 9.17) is 9.47 Å². The van der Waals surface area contributed by atoms with E-state index in [2.05, 4.69) is 4.74 Å². The third-order valence-corrected chi connectivity index (χ3v) is 2.75. The Morgan fingerprint density at radius 1 is 1.44 bits per heavy atom. The molecule has 0 bridgehead atoms. The van der Waals surface area contributed by atoms with E-state index in [1.165, 1.54) is 19.2 Å². The van der Waals surface area contributed by atoms with Gasteiger partial charge in [-0.1, -0.05) is 12.1 Å². The fourth-order valence-corrected chi connectivity index (χ4v) is 1.80. The van der Waals surface area contributed by atoms with Gasteiger partial charge >= 0.3 is 5.97 Å². The molecule has 0 saturated carbocycles. The highest BCUT2D eigenvalue weighted by atomic mass is 19.1. The maximum absolute atomic E-state index is 12.7. The average Bonchev–Trinajstić information content (AvgIpc) is 2.79. The van der Waals surface area contributed by atoms with Gasteiger partial charge < -0.3 is 14.2 Å². The predicted molar refractivity (Wildman–Crippen MR) is 61.4 cm³/mol. The number of hydrogen-bond donors (Lipinski definition) is 0. The van der Waals surface area contributed by atoms with Crippen molar-refractivity contribution in [1.82, 2.24) is 0 Å². The van der Waals surface area contributed by atoms with Gasteiger partial charge in [-0.25, -0.2) is 4.39 Å². The van der Waals surface area contributed by atoms with Crippen molar-refractivity contribution in [2.24, 2.45) is 0 Å². The van der Waals surface area contributed by atoms with Crippen LogP contribution in [0.15, 0.2) is 24.3 Å². The van der Waals surface area contributed by atoms with Gasteiger partial charge in [0.25, 0.3) is 0 Å². The summed E-state index contributed by atoms with van der Waals surface area (Å²) >= 11 is 0. The topological polar surface area (TPSA) is 44.8 Å². The van der Waals surface area contributed by atoms with Crippen molar-refractivity contribution < 1.29 is 23.4 Å². The summed E-state index contributed by atoms with van der Waals surface area (Å²) in [6.07, 6.45) is 0.0852. The van der Waals surface area contributed by atoms with E-state index >= 15 is 0 Å². The number of rotatable bonds is 4. The Balaban J connectivity index is 1.82. The Morgan fingerprint density at radius 2 is 2.17 bits per heavy atom. The second kappa shape index (κ2) is 5.93. The van der Waals surface area contributed by atoms with Gasteiger partial charge in [-0.2, -0.15) is 0 Å². The fraction of sp³-hybridized carbons (Fsp3) is 0.462. The van der Waals surface area contributed by atoms with Gasteiger partial charge in [0.1, 0.15) is 5.82 Å². The normalized spacial score (nSPS) is 23.0. The van der Waals surface area contributed by atoms with Crippen LogP contribution in [0.3, 0.4) is 0 Å². The van der Waals surface area contributed by atoms with Crippen molar-refractivity contribution in [3.05, 3.63) is 35.6 Å². The Hall–Kier alpha value is -1.46. The van der Waals surface area contributed by atoms with Crippen molar-refractivity contribution in [3.8, 4) is 0 Å². The van der Waals surface area contributed by atoms with Gasteiger partial charge in [0.2, 0.25) is 0 Å². The molecule has 1 aliphatic rings. The molecular formula is C13H15FO4. The number of benzene rings is 1. The summed E-state index contributed by atoms with van der Waals surface area (Å²) in [7, 11) is 1.34. The number of halogens is 1. The summed E-state index contributed by atoms with van der Waals surface area (Å²) < 4.78 is 28.3. The highest BCUT2D eigenvalue weighted by Gasteiger charge is 2.28. The number of carbonyl (C=O) groups is 1. The zero-order valence-corrected chi connectivity index (χ0v) is 10.1. The van der Waals surface area contributed by atoms with Crippen LogP contribution in [0.5, 0.6) is 0 Å². The van der Waals surface area contributed by atoms with Crippen LogP contribution in [-0.2, 0) is 25.4 Å². The first kappa shape index (κ1) is 13.0. The molecule has 1 fully saturated rings. The third-order valence-electron chi connectivity index (χ3n) is 2.75. The molecule has 0 aromatic heterocycles. The molecule has 1 heterocycles. The average molecular weight is 254 g/mol. The summed E-state index contributed by atoms with van der Waals surface area (Å²) in [5, 5.41) is 0. The van der Waals surface area contributed by atoms with Gasteiger partial charge in [0.15, 0.2) is 6.29 Å². The maximum Gasteiger partial charge on any atom is 0.308 e. The molecule has 0 N–H and O–H groups in total. The number of methoxy groups -OCH3 is 1. The van der Waals surface area contributed by atoms with Crippen molar-refractivity contribution >= 4 is 5.97 Å². The minimum atomic E-state index is -0.384. The molecule has 0 amide bonds. The SMILES string of the molecule is COC(=O)CC1COC(Cc2ccc(F)cc2)O1. The molecule has 0 aliphatic carbocycles. The maximum atomic E-state index is 12.7. The molecule has 0 spiro atoms. The lowest BCUT2D eigenvalue weighted by Crippen LogP contribution is -2.18. The number of ether oxygens (including phenoxy) is 3. The number of hydrogen-bond acceptors (Lipinski definition) is 4. The summed E-state index contributed by atoms with van der Waals surface area (Å²) in [4.78, 5) is 11.1. The van der Waals surface area contributed by atoms with Gasteiger partial charge in [0, 0.05) is 6.42 Å². The van der Waals surface area contributed by atoms with Crippen LogP contribution >= 0.6 is 0 Å². The monoisotopic (exact) mass is 254 g/mol. The fourth-order valence-electron chi connectivity index (χ4n) is 1.80. The largest absolute Gasteiger partial charge is 0.469 e. The highest BCUT2D eigenvalue weighted by Crippen LogP contribution is 2.18. The summed E-state index contributed by atoms with van der Waals surface area (Å²) in [5.41, 5.74) is 0.931. The first-order chi connectivity index (χ1) is 8.67. The molecule has 98 valence electrons. The standard InChI is InChI=1S/C13H15FO4/c1-16-12(15)7-11-8-17-13(18-11)6-9-2-4-10(14)5-3-9/h2-5,11,13H,6-8H2,1H3. The Labute approximate surface area is 105 Å². The molecule has 1 aromatic rings. The van der Waals surface area contributed by atoms with E-state index in [-0.39, 0.29) is 30.6 Å². The predicted octanol–water partition coefficient (Wildman–Crippen LogP) is 1.67. The third kappa shape index (κ3) is 3.51. The van der Waals surface area contributed by atoms with E-state index in [1.54, 1.807) is 12.1 Å². The highest BCUT2D eigenvalue weighted by molar-refractivity contribution is 5.69. The lowest BCUT2D eigenvalue weighted by molar-refractivity contribution is -0.143. The Bertz CT molecular complexity index is 404. The molecule has 2 unspecified atom stereocenters. The number of carbonyl (C=O) groups excluding carboxylic acids is 1. The molecule has 0 radical (unpaired) electrons. The molecule has 4 nitrogen and oxygen atoms in total. The lowest BCUT2D eigenvalue weighted by atomic mass is 10.1. The van der Waals surface area contributed by atoms with Crippen LogP contribution < -0.4 is 0 Å². The van der Waals surface area contributed by atoms with Crippen molar-refractivity contribution in [1.29, 1.82) is 0 Å². The molecule has 2 rings (SSSR count). The van der Waals surface area contributed by atoms with Gasteiger partial charge in [0.05, 0.1) is 26.2 Å². The van der Waals surface area contributed by atoms with Crippen LogP contribution in [0.1, 0.15) is 12.0 Å². The Morgan fingerprint density at radius 3 is 2.83 bits per heavy atom. The minimum absolute atomic E-state index is 0.191. The number of esters is 1. The van der Waals surface area contributed by atoms with Gasteiger partial charge in [-0.3, -0.25) is 4.79 Å². The van der Waals surface area contributed by atoms with Crippen molar-refractivity contribution in [3.63, 3.8) is 0 Å². The van der Waals surface area contributed by atoms with Crippen LogP contribution in [0.2, 0.25) is 0 Å². The Kier molecular flexibility index (Phi) is 4.28.